The molecule has 1 saturated carbocycles. The third-order valence-corrected chi connectivity index (χ3v) is 4.07. The predicted molar refractivity (Wildman–Crippen MR) is 80.0 cm³/mol. The summed E-state index contributed by atoms with van der Waals surface area (Å²) in [6.07, 6.45) is 2.99. The normalized spacial score (nSPS) is 22.8. The van der Waals surface area contributed by atoms with Crippen molar-refractivity contribution in [3.8, 4) is 0 Å². The Kier molecular flexibility index (Phi) is 3.31. The summed E-state index contributed by atoms with van der Waals surface area (Å²) in [7, 11) is 0. The van der Waals surface area contributed by atoms with Crippen LogP contribution < -0.4 is 11.1 Å². The van der Waals surface area contributed by atoms with E-state index in [0.717, 1.165) is 27.5 Å². The van der Waals surface area contributed by atoms with E-state index >= 15 is 0 Å². The molecule has 0 aliphatic heterocycles. The molecule has 3 rings (SSSR count). The number of nitrogen functional groups attached to an aromatic ring is 1. The van der Waals surface area contributed by atoms with Gasteiger partial charge >= 0.3 is 0 Å². The number of rotatable bonds is 2. The van der Waals surface area contributed by atoms with Crippen molar-refractivity contribution in [2.24, 2.45) is 0 Å². The maximum atomic E-state index is 13.3. The lowest BCUT2D eigenvalue weighted by atomic mass is 10.1. The molecular weight excluding hydrogens is 309 g/mol. The molecule has 0 spiro atoms. The molecule has 0 radical (unpaired) electrons. The van der Waals surface area contributed by atoms with Crippen LogP contribution in [0, 0.1) is 0 Å². The molecule has 2 atom stereocenters. The van der Waals surface area contributed by atoms with Crippen LogP contribution in [-0.2, 0) is 0 Å². The van der Waals surface area contributed by atoms with Gasteiger partial charge in [0.1, 0.15) is 6.17 Å². The van der Waals surface area contributed by atoms with Gasteiger partial charge in [-0.05, 0) is 37.5 Å². The van der Waals surface area contributed by atoms with Gasteiger partial charge in [-0.2, -0.15) is 0 Å². The van der Waals surface area contributed by atoms with E-state index in [9.17, 15) is 4.39 Å². The lowest BCUT2D eigenvalue weighted by molar-refractivity contribution is 0.341. The third kappa shape index (κ3) is 2.52. The predicted octanol–water partition coefficient (Wildman–Crippen LogP) is 3.88. The monoisotopic (exact) mass is 323 g/mol. The van der Waals surface area contributed by atoms with Crippen LogP contribution in [-0.4, -0.2) is 17.2 Å². The zero-order valence-corrected chi connectivity index (χ0v) is 12.0. The Morgan fingerprint density at radius 3 is 2.95 bits per heavy atom. The summed E-state index contributed by atoms with van der Waals surface area (Å²) in [6.45, 7) is 0. The SMILES string of the molecule is Nc1cnc2ccc(Br)cc2c1N[C@H]1CC[C@@H](F)C1. The van der Waals surface area contributed by atoms with Crippen molar-refractivity contribution < 1.29 is 4.39 Å². The Balaban J connectivity index is 2.01. The number of nitrogens with one attached hydrogen (secondary N) is 1. The van der Waals surface area contributed by atoms with Gasteiger partial charge in [0.05, 0.1) is 23.1 Å². The van der Waals surface area contributed by atoms with Gasteiger partial charge in [-0.1, -0.05) is 15.9 Å². The van der Waals surface area contributed by atoms with E-state index in [1.165, 1.54) is 0 Å². The summed E-state index contributed by atoms with van der Waals surface area (Å²) in [5, 5.41) is 4.35. The highest BCUT2D eigenvalue weighted by atomic mass is 79.9. The van der Waals surface area contributed by atoms with Crippen molar-refractivity contribution in [1.82, 2.24) is 4.98 Å². The van der Waals surface area contributed by atoms with Gasteiger partial charge in [0.15, 0.2) is 0 Å². The second kappa shape index (κ2) is 4.96. The molecule has 1 heterocycles. The summed E-state index contributed by atoms with van der Waals surface area (Å²) < 4.78 is 14.2. The van der Waals surface area contributed by atoms with E-state index in [4.69, 9.17) is 5.73 Å². The highest BCUT2D eigenvalue weighted by Gasteiger charge is 2.25. The number of hydrogen-bond acceptors (Lipinski definition) is 3. The average molecular weight is 324 g/mol. The second-order valence-corrected chi connectivity index (χ2v) is 5.92. The van der Waals surface area contributed by atoms with Gasteiger partial charge in [0.2, 0.25) is 0 Å². The highest BCUT2D eigenvalue weighted by Crippen LogP contribution is 2.33. The molecule has 3 nitrogen and oxygen atoms in total. The van der Waals surface area contributed by atoms with Crippen LogP contribution in [0.3, 0.4) is 0 Å². The molecule has 2 aromatic rings. The zero-order chi connectivity index (χ0) is 13.4. The Morgan fingerprint density at radius 1 is 1.37 bits per heavy atom. The van der Waals surface area contributed by atoms with Gasteiger partial charge in [0, 0.05) is 15.9 Å². The molecule has 19 heavy (non-hydrogen) atoms. The molecule has 1 aliphatic rings. The van der Waals surface area contributed by atoms with E-state index in [1.807, 2.05) is 18.2 Å². The third-order valence-electron chi connectivity index (χ3n) is 3.58. The number of benzene rings is 1. The summed E-state index contributed by atoms with van der Waals surface area (Å²) in [5.41, 5.74) is 8.37. The number of fused-ring (bicyclic) bond motifs is 1. The Bertz CT molecular complexity index is 612. The summed E-state index contributed by atoms with van der Waals surface area (Å²) in [6, 6.07) is 6.03. The lowest BCUT2D eigenvalue weighted by Gasteiger charge is -2.17. The van der Waals surface area contributed by atoms with Crippen molar-refractivity contribution in [2.75, 3.05) is 11.1 Å². The fraction of sp³-hybridized carbons (Fsp3) is 0.357. The second-order valence-electron chi connectivity index (χ2n) is 5.00. The molecule has 0 amide bonds. The van der Waals surface area contributed by atoms with Crippen LogP contribution in [0.1, 0.15) is 19.3 Å². The zero-order valence-electron chi connectivity index (χ0n) is 10.4. The molecule has 0 unspecified atom stereocenters. The largest absolute Gasteiger partial charge is 0.396 e. The van der Waals surface area contributed by atoms with E-state index in [-0.39, 0.29) is 6.04 Å². The number of halogens is 2. The average Bonchev–Trinajstić information content (AvgIpc) is 2.79. The van der Waals surface area contributed by atoms with Crippen LogP contribution in [0.2, 0.25) is 0 Å². The first-order valence-corrected chi connectivity index (χ1v) is 7.17. The fourth-order valence-electron chi connectivity index (χ4n) is 2.60. The number of anilines is 2. The summed E-state index contributed by atoms with van der Waals surface area (Å²) >= 11 is 3.46. The quantitative estimate of drug-likeness (QED) is 0.881. The van der Waals surface area contributed by atoms with Crippen LogP contribution in [0.4, 0.5) is 15.8 Å². The first-order valence-electron chi connectivity index (χ1n) is 6.38. The van der Waals surface area contributed by atoms with Gasteiger partial charge < -0.3 is 11.1 Å². The first-order chi connectivity index (χ1) is 9.13. The topological polar surface area (TPSA) is 50.9 Å². The van der Waals surface area contributed by atoms with E-state index in [0.29, 0.717) is 18.5 Å². The Labute approximate surface area is 119 Å². The number of hydrogen-bond donors (Lipinski definition) is 2. The van der Waals surface area contributed by atoms with Crippen LogP contribution >= 0.6 is 15.9 Å². The molecule has 1 aromatic heterocycles. The van der Waals surface area contributed by atoms with Crippen LogP contribution in [0.25, 0.3) is 10.9 Å². The molecule has 0 saturated heterocycles. The number of aromatic nitrogens is 1. The van der Waals surface area contributed by atoms with Gasteiger partial charge in [-0.25, -0.2) is 4.39 Å². The van der Waals surface area contributed by atoms with Crippen molar-refractivity contribution in [1.29, 1.82) is 0 Å². The van der Waals surface area contributed by atoms with Gasteiger partial charge in [0.25, 0.3) is 0 Å². The molecular formula is C14H15BrFN3. The Hall–Kier alpha value is -1.36. The van der Waals surface area contributed by atoms with E-state index in [2.05, 4.69) is 26.2 Å². The number of pyridine rings is 1. The smallest absolute Gasteiger partial charge is 0.102 e. The maximum absolute atomic E-state index is 13.3. The molecule has 100 valence electrons. The Morgan fingerprint density at radius 2 is 2.21 bits per heavy atom. The maximum Gasteiger partial charge on any atom is 0.102 e. The fourth-order valence-corrected chi connectivity index (χ4v) is 2.96. The van der Waals surface area contributed by atoms with Crippen molar-refractivity contribution >= 4 is 38.2 Å². The molecule has 0 bridgehead atoms. The van der Waals surface area contributed by atoms with E-state index in [1.54, 1.807) is 6.20 Å². The van der Waals surface area contributed by atoms with E-state index < -0.39 is 6.17 Å². The molecule has 1 aromatic carbocycles. The number of alkyl halides is 1. The van der Waals surface area contributed by atoms with Gasteiger partial charge in [-0.15, -0.1) is 0 Å². The van der Waals surface area contributed by atoms with Gasteiger partial charge in [-0.3, -0.25) is 4.98 Å². The number of nitrogens with zero attached hydrogens (tertiary/aromatic N) is 1. The van der Waals surface area contributed by atoms with Crippen LogP contribution in [0.5, 0.6) is 0 Å². The van der Waals surface area contributed by atoms with Crippen molar-refractivity contribution in [3.63, 3.8) is 0 Å². The van der Waals surface area contributed by atoms with Crippen LogP contribution in [0.15, 0.2) is 28.9 Å². The lowest BCUT2D eigenvalue weighted by Crippen LogP contribution is -2.17. The minimum atomic E-state index is -0.696. The summed E-state index contributed by atoms with van der Waals surface area (Å²) in [4.78, 5) is 4.31. The minimum absolute atomic E-state index is 0.155. The minimum Gasteiger partial charge on any atom is -0.396 e. The molecule has 5 heteroatoms. The van der Waals surface area contributed by atoms with Crippen molar-refractivity contribution in [2.45, 2.75) is 31.5 Å². The highest BCUT2D eigenvalue weighted by molar-refractivity contribution is 9.10. The first kappa shape index (κ1) is 12.7. The molecule has 1 fully saturated rings. The number of nitrogens with two attached hydrogens (primary N) is 1. The standard InChI is InChI=1S/C14H15BrFN3/c15-8-1-4-13-11(5-8)14(12(17)7-18-13)19-10-3-2-9(16)6-10/h1,4-5,7,9-10H,2-3,6,17H2,(H,18,19)/t9-,10+/m1/s1. The molecule has 3 N–H and O–H groups in total. The summed E-state index contributed by atoms with van der Waals surface area (Å²) in [5.74, 6) is 0. The van der Waals surface area contributed by atoms with Crippen molar-refractivity contribution in [3.05, 3.63) is 28.9 Å². The molecule has 1 aliphatic carbocycles.